The maximum Gasteiger partial charge on any atom is 0.251 e. The number of hydrogen-bond donors (Lipinski definition) is 1. The lowest BCUT2D eigenvalue weighted by Gasteiger charge is -2.15. The smallest absolute Gasteiger partial charge is 0.251 e. The summed E-state index contributed by atoms with van der Waals surface area (Å²) in [5.41, 5.74) is 2.63. The zero-order valence-corrected chi connectivity index (χ0v) is 15.9. The lowest BCUT2D eigenvalue weighted by Crippen LogP contribution is -2.26. The molecule has 1 atom stereocenters. The van der Waals surface area contributed by atoms with Gasteiger partial charge in [-0.15, -0.1) is 0 Å². The van der Waals surface area contributed by atoms with Gasteiger partial charge in [0, 0.05) is 11.8 Å². The fourth-order valence-electron chi connectivity index (χ4n) is 2.65. The molecule has 5 heteroatoms. The van der Waals surface area contributed by atoms with Crippen LogP contribution in [0.2, 0.25) is 0 Å². The van der Waals surface area contributed by atoms with Crippen LogP contribution in [0, 0.1) is 5.92 Å². The van der Waals surface area contributed by atoms with Gasteiger partial charge < -0.3 is 5.32 Å². The highest BCUT2D eigenvalue weighted by molar-refractivity contribution is 7.90. The average molecular weight is 359 g/mol. The highest BCUT2D eigenvalue weighted by Gasteiger charge is 2.14. The molecule has 1 N–H and O–H groups in total. The molecule has 4 nitrogen and oxygen atoms in total. The molecule has 0 spiro atoms. The van der Waals surface area contributed by atoms with Crippen molar-refractivity contribution in [1.29, 1.82) is 0 Å². The Morgan fingerprint density at radius 1 is 1.04 bits per heavy atom. The third kappa shape index (κ3) is 5.43. The Hall–Kier alpha value is -2.14. The molecule has 0 saturated heterocycles. The molecule has 0 aliphatic carbocycles. The molecular formula is C20H25NO3S. The minimum absolute atomic E-state index is 0.144. The number of amides is 1. The monoisotopic (exact) mass is 359 g/mol. The van der Waals surface area contributed by atoms with Crippen LogP contribution in [0.3, 0.4) is 0 Å². The number of carbonyl (C=O) groups excluding carboxylic acids is 1. The Morgan fingerprint density at radius 3 is 2.24 bits per heavy atom. The summed E-state index contributed by atoms with van der Waals surface area (Å²) >= 11 is 0. The van der Waals surface area contributed by atoms with Crippen LogP contribution in [0.15, 0.2) is 53.4 Å². The minimum Gasteiger partial charge on any atom is -0.346 e. The molecule has 0 aromatic heterocycles. The first-order valence-electron chi connectivity index (χ1n) is 8.36. The van der Waals surface area contributed by atoms with Crippen molar-refractivity contribution in [1.82, 2.24) is 5.32 Å². The summed E-state index contributed by atoms with van der Waals surface area (Å²) < 4.78 is 23.3. The Kier molecular flexibility index (Phi) is 6.01. The molecular weight excluding hydrogens is 334 g/mol. The van der Waals surface area contributed by atoms with Gasteiger partial charge in [0.1, 0.15) is 0 Å². The number of nitrogens with one attached hydrogen (secondary N) is 1. The van der Waals surface area contributed by atoms with Crippen molar-refractivity contribution in [2.45, 2.75) is 38.1 Å². The van der Waals surface area contributed by atoms with Crippen molar-refractivity contribution in [3.8, 4) is 0 Å². The van der Waals surface area contributed by atoms with E-state index in [0.717, 1.165) is 18.2 Å². The van der Waals surface area contributed by atoms with Gasteiger partial charge in [-0.3, -0.25) is 4.79 Å². The van der Waals surface area contributed by atoms with E-state index < -0.39 is 9.84 Å². The van der Waals surface area contributed by atoms with Gasteiger partial charge in [0.15, 0.2) is 9.84 Å². The topological polar surface area (TPSA) is 63.2 Å². The van der Waals surface area contributed by atoms with Crippen LogP contribution in [0.5, 0.6) is 0 Å². The summed E-state index contributed by atoms with van der Waals surface area (Å²) in [7, 11) is -3.33. The normalized spacial score (nSPS) is 12.8. The highest BCUT2D eigenvalue weighted by atomic mass is 32.2. The van der Waals surface area contributed by atoms with E-state index in [1.165, 1.54) is 17.7 Å². The summed E-state index contributed by atoms with van der Waals surface area (Å²) in [6.07, 6.45) is 2.16. The van der Waals surface area contributed by atoms with Gasteiger partial charge >= 0.3 is 0 Å². The molecule has 0 bridgehead atoms. The summed E-state index contributed by atoms with van der Waals surface area (Å²) in [5.74, 6) is 0.314. The van der Waals surface area contributed by atoms with Crippen LogP contribution >= 0.6 is 0 Å². The van der Waals surface area contributed by atoms with E-state index in [1.807, 2.05) is 19.1 Å². The maximum absolute atomic E-state index is 12.4. The minimum atomic E-state index is -3.33. The molecule has 2 aromatic carbocycles. The lowest BCUT2D eigenvalue weighted by atomic mass is 10.00. The summed E-state index contributed by atoms with van der Waals surface area (Å²) in [6, 6.07) is 14.1. The first kappa shape index (κ1) is 19.2. The summed E-state index contributed by atoms with van der Waals surface area (Å²) in [6.45, 7) is 6.28. The molecule has 0 unspecified atom stereocenters. The predicted molar refractivity (Wildman–Crippen MR) is 100 cm³/mol. The van der Waals surface area contributed by atoms with Gasteiger partial charge in [-0.25, -0.2) is 8.42 Å². The van der Waals surface area contributed by atoms with E-state index in [4.69, 9.17) is 0 Å². The van der Waals surface area contributed by atoms with Gasteiger partial charge in [-0.2, -0.15) is 0 Å². The fourth-order valence-corrected chi connectivity index (χ4v) is 3.31. The lowest BCUT2D eigenvalue weighted by molar-refractivity contribution is 0.0939. The maximum atomic E-state index is 12.4. The van der Waals surface area contributed by atoms with Crippen molar-refractivity contribution >= 4 is 15.7 Å². The molecule has 134 valence electrons. The number of hydrogen-bond acceptors (Lipinski definition) is 3. The van der Waals surface area contributed by atoms with E-state index in [0.29, 0.717) is 11.5 Å². The van der Waals surface area contributed by atoms with Crippen LogP contribution in [-0.4, -0.2) is 20.6 Å². The van der Waals surface area contributed by atoms with Crippen LogP contribution in [-0.2, 0) is 16.3 Å². The van der Waals surface area contributed by atoms with Crippen molar-refractivity contribution in [3.05, 3.63) is 65.2 Å². The Labute approximate surface area is 150 Å². The van der Waals surface area contributed by atoms with Gasteiger partial charge in [-0.05, 0) is 48.6 Å². The highest BCUT2D eigenvalue weighted by Crippen LogP contribution is 2.17. The molecule has 0 saturated carbocycles. The van der Waals surface area contributed by atoms with Crippen LogP contribution < -0.4 is 5.32 Å². The van der Waals surface area contributed by atoms with Crippen LogP contribution in [0.4, 0.5) is 0 Å². The molecule has 2 rings (SSSR count). The summed E-state index contributed by atoms with van der Waals surface area (Å²) in [5, 5.41) is 2.92. The molecule has 0 aliphatic heterocycles. The van der Waals surface area contributed by atoms with Gasteiger partial charge in [0.25, 0.3) is 5.91 Å². The van der Waals surface area contributed by atoms with Crippen molar-refractivity contribution < 1.29 is 13.2 Å². The molecule has 0 heterocycles. The van der Waals surface area contributed by atoms with E-state index in [9.17, 15) is 13.2 Å². The number of rotatable bonds is 6. The largest absolute Gasteiger partial charge is 0.346 e. The molecule has 0 radical (unpaired) electrons. The second-order valence-corrected chi connectivity index (χ2v) is 8.85. The van der Waals surface area contributed by atoms with E-state index in [2.05, 4.69) is 31.3 Å². The first-order chi connectivity index (χ1) is 11.7. The second-order valence-electron chi connectivity index (χ2n) is 6.83. The average Bonchev–Trinajstić information content (AvgIpc) is 2.54. The Balaban J connectivity index is 2.10. The zero-order valence-electron chi connectivity index (χ0n) is 15.1. The Bertz CT molecular complexity index is 839. The first-order valence-corrected chi connectivity index (χ1v) is 10.3. The number of benzene rings is 2. The predicted octanol–water partition coefficient (Wildman–Crippen LogP) is 3.78. The second kappa shape index (κ2) is 7.83. The van der Waals surface area contributed by atoms with Crippen molar-refractivity contribution in [3.63, 3.8) is 0 Å². The van der Waals surface area contributed by atoms with Gasteiger partial charge in [0.05, 0.1) is 10.9 Å². The summed E-state index contributed by atoms with van der Waals surface area (Å²) in [4.78, 5) is 12.6. The number of carbonyl (C=O) groups is 1. The van der Waals surface area contributed by atoms with Gasteiger partial charge in [-0.1, -0.05) is 44.2 Å². The SMILES string of the molecule is CC(C)Cc1ccc([C@H](C)NC(=O)c2cccc(S(C)(=O)=O)c2)cc1. The van der Waals surface area contributed by atoms with Crippen LogP contribution in [0.25, 0.3) is 0 Å². The van der Waals surface area contributed by atoms with E-state index in [1.54, 1.807) is 12.1 Å². The number of sulfone groups is 1. The molecule has 1 amide bonds. The third-order valence-corrected chi connectivity index (χ3v) is 5.11. The fraction of sp³-hybridized carbons (Fsp3) is 0.350. The standard InChI is InChI=1S/C20H25NO3S/c1-14(2)12-16-8-10-17(11-9-16)15(3)21-20(22)18-6-5-7-19(13-18)25(4,23)24/h5-11,13-15H,12H2,1-4H3,(H,21,22)/t15-/m0/s1. The van der Waals surface area contributed by atoms with Crippen molar-refractivity contribution in [2.75, 3.05) is 6.26 Å². The molecule has 0 aliphatic rings. The quantitative estimate of drug-likeness (QED) is 0.854. The van der Waals surface area contributed by atoms with E-state index in [-0.39, 0.29) is 16.8 Å². The molecule has 0 fully saturated rings. The molecule has 25 heavy (non-hydrogen) atoms. The van der Waals surface area contributed by atoms with Crippen molar-refractivity contribution in [2.24, 2.45) is 5.92 Å². The molecule has 2 aromatic rings. The third-order valence-electron chi connectivity index (χ3n) is 4.00. The zero-order chi connectivity index (χ0) is 18.6. The Morgan fingerprint density at radius 2 is 1.68 bits per heavy atom. The van der Waals surface area contributed by atoms with Crippen LogP contribution in [0.1, 0.15) is 48.3 Å². The van der Waals surface area contributed by atoms with E-state index >= 15 is 0 Å². The van der Waals surface area contributed by atoms with Gasteiger partial charge in [0.2, 0.25) is 0 Å².